The summed E-state index contributed by atoms with van der Waals surface area (Å²) in [6.07, 6.45) is 4.17. The molecule has 8 rings (SSSR count). The number of benzene rings is 3. The number of rotatable bonds is 7. The van der Waals surface area contributed by atoms with Gasteiger partial charge >= 0.3 is 0 Å². The number of allylic oxidation sites excluding steroid dienone is 4. The van der Waals surface area contributed by atoms with Gasteiger partial charge in [-0.25, -0.2) is 0 Å². The Morgan fingerprint density at radius 3 is 2.37 bits per heavy atom. The summed E-state index contributed by atoms with van der Waals surface area (Å²) in [4.78, 5) is 60.7. The minimum Gasteiger partial charge on any atom is -0.504 e. The maximum absolute atomic E-state index is 15.1. The molecule has 6 atom stereocenters. The Hall–Kier alpha value is -5.08. The number of Topliss-reactive ketones (excluding diaryl/α,β-unsaturated/α-hetero) is 1. The summed E-state index contributed by atoms with van der Waals surface area (Å²) >= 11 is 1.50. The predicted octanol–water partition coefficient (Wildman–Crippen LogP) is 6.88. The fourth-order valence-corrected chi connectivity index (χ4v) is 9.70. The Kier molecular flexibility index (Phi) is 7.71. The van der Waals surface area contributed by atoms with Crippen LogP contribution in [0.2, 0.25) is 0 Å². The Bertz CT molecular complexity index is 2030. The van der Waals surface area contributed by atoms with E-state index in [0.29, 0.717) is 35.3 Å². The van der Waals surface area contributed by atoms with Crippen molar-refractivity contribution < 1.29 is 29.0 Å². The SMILES string of the molecule is CCOc1cc(C2C3=CCC4C(=O)N(Cc5cccs5)C(=O)C4C3CC3C(=O)C(c4ccccc4)=CC(=O)C32c2ccccc2)ccc1O. The Morgan fingerprint density at radius 2 is 1.65 bits per heavy atom. The van der Waals surface area contributed by atoms with Crippen molar-refractivity contribution in [3.63, 3.8) is 0 Å². The molecule has 4 aromatic rings. The molecule has 7 nitrogen and oxygen atoms in total. The maximum Gasteiger partial charge on any atom is 0.234 e. The molecule has 0 radical (unpaired) electrons. The van der Waals surface area contributed by atoms with Crippen LogP contribution >= 0.6 is 11.3 Å². The number of ketones is 2. The average molecular weight is 670 g/mol. The number of carbonyl (C=O) groups excluding carboxylic acids is 4. The zero-order chi connectivity index (χ0) is 33.9. The largest absolute Gasteiger partial charge is 0.504 e. The van der Waals surface area contributed by atoms with Crippen molar-refractivity contribution in [1.29, 1.82) is 0 Å². The monoisotopic (exact) mass is 669 g/mol. The standard InChI is InChI=1S/C41H35NO6S/c1-2-48-34-20-25(15-18-33(34)43)37-28-16-17-29-36(40(47)42(39(29)46)23-27-14-9-19-49-27)31(28)21-32-38(45)30(24-10-5-3-6-11-24)22-35(44)41(32,37)26-12-7-4-8-13-26/h3-16,18-20,22,29,31-32,36-37,43H,2,17,21,23H2,1H3. The van der Waals surface area contributed by atoms with Crippen molar-refractivity contribution in [2.75, 3.05) is 6.61 Å². The van der Waals surface area contributed by atoms with E-state index in [9.17, 15) is 14.7 Å². The highest BCUT2D eigenvalue weighted by Crippen LogP contribution is 2.64. The van der Waals surface area contributed by atoms with Crippen LogP contribution in [-0.4, -0.2) is 40.0 Å². The highest BCUT2D eigenvalue weighted by atomic mass is 32.1. The average Bonchev–Trinajstić information content (AvgIpc) is 3.73. The van der Waals surface area contributed by atoms with Gasteiger partial charge in [0.1, 0.15) is 0 Å². The number of hydrogen-bond acceptors (Lipinski definition) is 7. The van der Waals surface area contributed by atoms with Gasteiger partial charge in [-0.3, -0.25) is 24.1 Å². The quantitative estimate of drug-likeness (QED) is 0.170. The summed E-state index contributed by atoms with van der Waals surface area (Å²) < 4.78 is 5.83. The fourth-order valence-electron chi connectivity index (χ4n) is 9.01. The van der Waals surface area contributed by atoms with E-state index in [1.807, 2.05) is 85.1 Å². The second-order valence-electron chi connectivity index (χ2n) is 13.3. The number of phenols is 1. The van der Waals surface area contributed by atoms with Crippen molar-refractivity contribution in [2.24, 2.45) is 23.7 Å². The van der Waals surface area contributed by atoms with Crippen LogP contribution in [0.25, 0.3) is 5.57 Å². The lowest BCUT2D eigenvalue weighted by molar-refractivity contribution is -0.141. The van der Waals surface area contributed by atoms with Crippen LogP contribution in [0.5, 0.6) is 11.5 Å². The molecule has 2 amide bonds. The second kappa shape index (κ2) is 12.1. The van der Waals surface area contributed by atoms with Crippen LogP contribution in [0.4, 0.5) is 0 Å². The van der Waals surface area contributed by atoms with E-state index in [1.165, 1.54) is 22.3 Å². The molecule has 1 saturated carbocycles. The molecule has 8 heteroatoms. The summed E-state index contributed by atoms with van der Waals surface area (Å²) in [7, 11) is 0. The second-order valence-corrected chi connectivity index (χ2v) is 14.3. The van der Waals surface area contributed by atoms with E-state index < -0.39 is 35.0 Å². The third kappa shape index (κ3) is 4.76. The molecule has 6 unspecified atom stereocenters. The van der Waals surface area contributed by atoms with Gasteiger partial charge in [0.15, 0.2) is 23.1 Å². The summed E-state index contributed by atoms with van der Waals surface area (Å²) in [5, 5.41) is 12.7. The van der Waals surface area contributed by atoms with Crippen LogP contribution in [0.1, 0.15) is 47.3 Å². The van der Waals surface area contributed by atoms with Gasteiger partial charge in [-0.2, -0.15) is 0 Å². The molecular formula is C41H35NO6S. The lowest BCUT2D eigenvalue weighted by Crippen LogP contribution is -2.58. The molecule has 0 spiro atoms. The molecule has 1 aliphatic heterocycles. The molecular weight excluding hydrogens is 635 g/mol. The zero-order valence-electron chi connectivity index (χ0n) is 27.0. The van der Waals surface area contributed by atoms with Gasteiger partial charge in [0.25, 0.3) is 0 Å². The Balaban J connectivity index is 1.35. The summed E-state index contributed by atoms with van der Waals surface area (Å²) in [5.41, 5.74) is 1.98. The smallest absolute Gasteiger partial charge is 0.234 e. The van der Waals surface area contributed by atoms with E-state index >= 15 is 9.59 Å². The van der Waals surface area contributed by atoms with Crippen LogP contribution in [0.3, 0.4) is 0 Å². The normalized spacial score (nSPS) is 27.6. The number of nitrogens with zero attached hydrogens (tertiary/aromatic N) is 1. The number of amides is 2. The number of likely N-dealkylation sites (tertiary alicyclic amines) is 1. The van der Waals surface area contributed by atoms with Crippen LogP contribution < -0.4 is 4.74 Å². The maximum atomic E-state index is 15.1. The minimum atomic E-state index is -1.34. The van der Waals surface area contributed by atoms with Crippen LogP contribution in [0.15, 0.2) is 114 Å². The van der Waals surface area contributed by atoms with Crippen molar-refractivity contribution in [2.45, 2.75) is 37.6 Å². The van der Waals surface area contributed by atoms with Gasteiger partial charge < -0.3 is 9.84 Å². The van der Waals surface area contributed by atoms with E-state index in [4.69, 9.17) is 4.74 Å². The lowest BCUT2D eigenvalue weighted by Gasteiger charge is -2.55. The number of thiophene rings is 1. The van der Waals surface area contributed by atoms with Gasteiger partial charge in [0.2, 0.25) is 11.8 Å². The summed E-state index contributed by atoms with van der Waals surface area (Å²) in [5.74, 6) is -3.64. The number of fused-ring (bicyclic) bond motifs is 4. The number of aromatic hydroxyl groups is 1. The highest BCUT2D eigenvalue weighted by Gasteiger charge is 2.65. The highest BCUT2D eigenvalue weighted by molar-refractivity contribution is 7.09. The number of hydrogen-bond donors (Lipinski definition) is 1. The van der Waals surface area contributed by atoms with Crippen molar-refractivity contribution in [1.82, 2.24) is 4.90 Å². The van der Waals surface area contributed by atoms with Gasteiger partial charge in [-0.1, -0.05) is 84.4 Å². The molecule has 2 heterocycles. The minimum absolute atomic E-state index is 0.0287. The predicted molar refractivity (Wildman–Crippen MR) is 186 cm³/mol. The Labute approximate surface area is 288 Å². The van der Waals surface area contributed by atoms with E-state index in [1.54, 1.807) is 18.2 Å². The van der Waals surface area contributed by atoms with E-state index in [0.717, 1.165) is 10.5 Å². The van der Waals surface area contributed by atoms with E-state index in [-0.39, 0.29) is 47.8 Å². The Morgan fingerprint density at radius 1 is 0.898 bits per heavy atom. The molecule has 1 N–H and O–H groups in total. The fraction of sp³-hybridized carbons (Fsp3) is 0.268. The molecule has 1 saturated heterocycles. The first-order chi connectivity index (χ1) is 23.8. The molecule has 1 aromatic heterocycles. The van der Waals surface area contributed by atoms with E-state index in [2.05, 4.69) is 6.08 Å². The van der Waals surface area contributed by atoms with Gasteiger partial charge in [0, 0.05) is 22.3 Å². The molecule has 2 fully saturated rings. The van der Waals surface area contributed by atoms with Crippen molar-refractivity contribution in [3.8, 4) is 11.5 Å². The summed E-state index contributed by atoms with van der Waals surface area (Å²) in [6.45, 7) is 2.37. The third-order valence-corrected chi connectivity index (χ3v) is 11.8. The molecule has 246 valence electrons. The van der Waals surface area contributed by atoms with Crippen molar-refractivity contribution >= 4 is 40.3 Å². The third-order valence-electron chi connectivity index (χ3n) is 11.0. The molecule has 49 heavy (non-hydrogen) atoms. The zero-order valence-corrected chi connectivity index (χ0v) is 27.8. The van der Waals surface area contributed by atoms with Crippen molar-refractivity contribution in [3.05, 3.63) is 136 Å². The first kappa shape index (κ1) is 31.2. The van der Waals surface area contributed by atoms with Gasteiger partial charge in [0.05, 0.1) is 30.4 Å². The number of imide groups is 1. The molecule has 3 aromatic carbocycles. The lowest BCUT2D eigenvalue weighted by atomic mass is 9.44. The number of ether oxygens (including phenoxy) is 1. The van der Waals surface area contributed by atoms with Gasteiger partial charge in [-0.05, 0) is 72.0 Å². The first-order valence-electron chi connectivity index (χ1n) is 16.8. The molecule has 3 aliphatic carbocycles. The first-order valence-corrected chi connectivity index (χ1v) is 17.7. The van der Waals surface area contributed by atoms with Crippen LogP contribution in [-0.2, 0) is 31.1 Å². The summed E-state index contributed by atoms with van der Waals surface area (Å²) in [6, 6.07) is 27.7. The number of phenolic OH excluding ortho intramolecular Hbond substituents is 1. The molecule has 4 aliphatic rings. The van der Waals surface area contributed by atoms with Crippen LogP contribution in [0, 0.1) is 23.7 Å². The topological polar surface area (TPSA) is 101 Å². The number of carbonyl (C=O) groups is 4. The molecule has 0 bridgehead atoms. The van der Waals surface area contributed by atoms with Gasteiger partial charge in [-0.15, -0.1) is 11.3 Å².